The molecule has 220 valence electrons. The van der Waals surface area contributed by atoms with Gasteiger partial charge in [0.2, 0.25) is 6.79 Å². The Morgan fingerprint density at radius 2 is 1.64 bits per heavy atom. The first-order valence-electron chi connectivity index (χ1n) is 14.0. The van der Waals surface area contributed by atoms with Crippen LogP contribution >= 0.6 is 11.3 Å². The molecule has 0 bridgehead atoms. The van der Waals surface area contributed by atoms with Gasteiger partial charge in [-0.25, -0.2) is 4.98 Å². The van der Waals surface area contributed by atoms with E-state index in [0.29, 0.717) is 31.9 Å². The lowest BCUT2D eigenvalue weighted by molar-refractivity contribution is 0.0791. The smallest absolute Gasteiger partial charge is 0.273 e. The molecule has 0 aliphatic carbocycles. The molecule has 42 heavy (non-hydrogen) atoms. The molecule has 0 saturated heterocycles. The van der Waals surface area contributed by atoms with Gasteiger partial charge in [0.05, 0.1) is 20.8 Å². The first-order valence-corrected chi connectivity index (χ1v) is 14.9. The number of methoxy groups -OCH3 is 2. The maximum absolute atomic E-state index is 13.2. The molecule has 8 nitrogen and oxygen atoms in total. The Hall–Kier alpha value is -4.08. The Bertz CT molecular complexity index is 1500. The minimum Gasteiger partial charge on any atom is -0.497 e. The van der Waals surface area contributed by atoms with E-state index in [0.717, 1.165) is 57.5 Å². The van der Waals surface area contributed by atoms with Gasteiger partial charge < -0.3 is 23.8 Å². The fraction of sp³-hybridized carbons (Fsp3) is 0.333. The number of amides is 1. The second-order valence-electron chi connectivity index (χ2n) is 10.3. The largest absolute Gasteiger partial charge is 0.497 e. The summed E-state index contributed by atoms with van der Waals surface area (Å²) in [7, 11) is 5.19. The van der Waals surface area contributed by atoms with E-state index in [1.54, 1.807) is 19.1 Å². The maximum atomic E-state index is 13.2. The van der Waals surface area contributed by atoms with Crippen molar-refractivity contribution in [2.45, 2.75) is 39.4 Å². The van der Waals surface area contributed by atoms with Gasteiger partial charge in [-0.2, -0.15) is 0 Å². The molecule has 0 fully saturated rings. The standard InChI is InChI=1S/C33H37N3O5S/c1-5-26-10-6-23(16-30(26)39-4)14-15-35(2)33(37)28-21-42-32(34-28)20-36(18-24-7-11-27(38-3)12-8-24)19-25-9-13-29-31(17-25)41-22-40-29/h6-13,16-17,21H,5,14-15,18-20,22H2,1-4H3. The number of aryl methyl sites for hydroxylation is 1. The molecular formula is C33H37N3O5S. The number of thiazole rings is 1. The van der Waals surface area contributed by atoms with Gasteiger partial charge in [0, 0.05) is 32.1 Å². The summed E-state index contributed by atoms with van der Waals surface area (Å²) in [4.78, 5) is 22.0. The zero-order chi connectivity index (χ0) is 29.5. The molecule has 2 heterocycles. The number of hydrogen-bond acceptors (Lipinski definition) is 8. The molecule has 0 spiro atoms. The average Bonchev–Trinajstić information content (AvgIpc) is 3.69. The maximum Gasteiger partial charge on any atom is 0.273 e. The molecule has 1 aromatic heterocycles. The van der Waals surface area contributed by atoms with E-state index in [2.05, 4.69) is 48.2 Å². The molecule has 1 amide bonds. The van der Waals surface area contributed by atoms with Crippen LogP contribution in [0.3, 0.4) is 0 Å². The molecule has 0 radical (unpaired) electrons. The summed E-state index contributed by atoms with van der Waals surface area (Å²) in [6.07, 6.45) is 1.66. The Labute approximate surface area is 251 Å². The quantitative estimate of drug-likeness (QED) is 0.191. The zero-order valence-corrected chi connectivity index (χ0v) is 25.4. The van der Waals surface area contributed by atoms with E-state index in [1.807, 2.05) is 36.7 Å². The molecular weight excluding hydrogens is 550 g/mol. The minimum absolute atomic E-state index is 0.0767. The fourth-order valence-electron chi connectivity index (χ4n) is 4.96. The minimum atomic E-state index is -0.0767. The Morgan fingerprint density at radius 3 is 2.40 bits per heavy atom. The van der Waals surface area contributed by atoms with E-state index in [4.69, 9.17) is 23.9 Å². The second kappa shape index (κ2) is 13.7. The van der Waals surface area contributed by atoms with Gasteiger partial charge in [-0.3, -0.25) is 9.69 Å². The normalized spacial score (nSPS) is 12.0. The van der Waals surface area contributed by atoms with Crippen LogP contribution in [0, 0.1) is 0 Å². The predicted molar refractivity (Wildman–Crippen MR) is 164 cm³/mol. The van der Waals surface area contributed by atoms with E-state index >= 15 is 0 Å². The first-order chi connectivity index (χ1) is 20.4. The van der Waals surface area contributed by atoms with Gasteiger partial charge in [0.1, 0.15) is 22.2 Å². The number of ether oxygens (including phenoxy) is 4. The van der Waals surface area contributed by atoms with Gasteiger partial charge in [-0.15, -0.1) is 11.3 Å². The van der Waals surface area contributed by atoms with Crippen molar-refractivity contribution in [3.63, 3.8) is 0 Å². The van der Waals surface area contributed by atoms with Crippen LogP contribution in [0.1, 0.15) is 44.7 Å². The number of rotatable bonds is 13. The van der Waals surface area contributed by atoms with Gasteiger partial charge in [0.25, 0.3) is 5.91 Å². The third kappa shape index (κ3) is 7.21. The number of aromatic nitrogens is 1. The Balaban J connectivity index is 1.25. The van der Waals surface area contributed by atoms with Crippen molar-refractivity contribution in [1.29, 1.82) is 0 Å². The summed E-state index contributed by atoms with van der Waals surface area (Å²) in [5, 5.41) is 2.75. The Morgan fingerprint density at radius 1 is 0.905 bits per heavy atom. The summed E-state index contributed by atoms with van der Waals surface area (Å²) in [6.45, 7) is 4.95. The summed E-state index contributed by atoms with van der Waals surface area (Å²) >= 11 is 1.51. The molecule has 5 rings (SSSR count). The lowest BCUT2D eigenvalue weighted by Crippen LogP contribution is -2.29. The summed E-state index contributed by atoms with van der Waals surface area (Å²) < 4.78 is 21.9. The van der Waals surface area contributed by atoms with Crippen LogP contribution in [0.15, 0.2) is 66.0 Å². The fourth-order valence-corrected chi connectivity index (χ4v) is 5.77. The molecule has 0 N–H and O–H groups in total. The lowest BCUT2D eigenvalue weighted by atomic mass is 10.1. The highest BCUT2D eigenvalue weighted by atomic mass is 32.1. The molecule has 0 saturated carbocycles. The lowest BCUT2D eigenvalue weighted by Gasteiger charge is -2.22. The van der Waals surface area contributed by atoms with E-state index < -0.39 is 0 Å². The number of benzene rings is 3. The van der Waals surface area contributed by atoms with Gasteiger partial charge in [-0.1, -0.05) is 37.3 Å². The predicted octanol–water partition coefficient (Wildman–Crippen LogP) is 5.97. The number of nitrogens with zero attached hydrogens (tertiary/aromatic N) is 3. The van der Waals surface area contributed by atoms with Crippen molar-refractivity contribution < 1.29 is 23.7 Å². The number of carbonyl (C=O) groups excluding carboxylic acids is 1. The highest BCUT2D eigenvalue weighted by molar-refractivity contribution is 7.09. The van der Waals surface area contributed by atoms with Crippen molar-refractivity contribution in [2.75, 3.05) is 34.6 Å². The molecule has 0 unspecified atom stereocenters. The van der Waals surface area contributed by atoms with Crippen LogP contribution in [0.5, 0.6) is 23.0 Å². The van der Waals surface area contributed by atoms with Crippen molar-refractivity contribution in [1.82, 2.24) is 14.8 Å². The van der Waals surface area contributed by atoms with Crippen LogP contribution in [0.4, 0.5) is 0 Å². The third-order valence-electron chi connectivity index (χ3n) is 7.35. The van der Waals surface area contributed by atoms with Gasteiger partial charge >= 0.3 is 0 Å². The zero-order valence-electron chi connectivity index (χ0n) is 24.6. The molecule has 1 aliphatic heterocycles. The van der Waals surface area contributed by atoms with E-state index in [1.165, 1.54) is 16.9 Å². The topological polar surface area (TPSA) is 73.4 Å². The molecule has 3 aromatic carbocycles. The van der Waals surface area contributed by atoms with Crippen LogP contribution in [0.25, 0.3) is 0 Å². The SMILES string of the molecule is CCc1ccc(CCN(C)C(=O)c2csc(CN(Cc3ccc(OC)cc3)Cc3ccc4c(c3)OCO4)n2)cc1OC. The number of carbonyl (C=O) groups is 1. The number of fused-ring (bicyclic) bond motifs is 1. The van der Waals surface area contributed by atoms with Crippen molar-refractivity contribution in [2.24, 2.45) is 0 Å². The van der Waals surface area contributed by atoms with E-state index in [-0.39, 0.29) is 12.7 Å². The van der Waals surface area contributed by atoms with Crippen LogP contribution in [-0.4, -0.2) is 55.3 Å². The monoisotopic (exact) mass is 587 g/mol. The van der Waals surface area contributed by atoms with Crippen molar-refractivity contribution in [3.05, 3.63) is 99.0 Å². The first kappa shape index (κ1) is 29.4. The number of hydrogen-bond donors (Lipinski definition) is 0. The van der Waals surface area contributed by atoms with Crippen LogP contribution in [-0.2, 0) is 32.5 Å². The van der Waals surface area contributed by atoms with Crippen LogP contribution < -0.4 is 18.9 Å². The molecule has 9 heteroatoms. The third-order valence-corrected chi connectivity index (χ3v) is 8.19. The summed E-state index contributed by atoms with van der Waals surface area (Å²) in [5.41, 5.74) is 5.07. The highest BCUT2D eigenvalue weighted by Crippen LogP contribution is 2.33. The second-order valence-corrected chi connectivity index (χ2v) is 11.2. The van der Waals surface area contributed by atoms with Gasteiger partial charge in [0.15, 0.2) is 11.5 Å². The average molecular weight is 588 g/mol. The van der Waals surface area contributed by atoms with Gasteiger partial charge in [-0.05, 0) is 65.4 Å². The summed E-state index contributed by atoms with van der Waals surface area (Å²) in [5.74, 6) is 3.18. The Kier molecular flexibility index (Phi) is 9.61. The van der Waals surface area contributed by atoms with Crippen LogP contribution in [0.2, 0.25) is 0 Å². The van der Waals surface area contributed by atoms with Crippen molar-refractivity contribution >= 4 is 17.2 Å². The summed E-state index contributed by atoms with van der Waals surface area (Å²) in [6, 6.07) is 20.4. The van der Waals surface area contributed by atoms with E-state index in [9.17, 15) is 4.79 Å². The van der Waals surface area contributed by atoms with Crippen molar-refractivity contribution in [3.8, 4) is 23.0 Å². The number of likely N-dealkylation sites (N-methyl/N-ethyl adjacent to an activating group) is 1. The highest BCUT2D eigenvalue weighted by Gasteiger charge is 2.19. The molecule has 0 atom stereocenters. The molecule has 1 aliphatic rings. The molecule has 4 aromatic rings.